The first-order valence-electron chi connectivity index (χ1n) is 6.27. The molecule has 1 atom stereocenters. The standard InChI is InChI=1S/C14H17NO3S/c1-11-9-12(18-15-11)10-17-14(16)7-8-19-13-5-3-2-4-6-13/h2-6,12H,7-10H2,1H3. The monoisotopic (exact) mass is 279 g/mol. The maximum atomic E-state index is 11.5. The molecule has 102 valence electrons. The Kier molecular flexibility index (Phi) is 5.27. The van der Waals surface area contributed by atoms with E-state index in [0.717, 1.165) is 17.9 Å². The second-order valence-electron chi connectivity index (χ2n) is 4.35. The molecule has 1 heterocycles. The minimum absolute atomic E-state index is 0.106. The molecule has 2 rings (SSSR count). The smallest absolute Gasteiger partial charge is 0.306 e. The molecule has 0 fully saturated rings. The molecule has 1 aromatic carbocycles. The zero-order valence-electron chi connectivity index (χ0n) is 10.9. The van der Waals surface area contributed by atoms with Gasteiger partial charge < -0.3 is 9.57 Å². The first-order chi connectivity index (χ1) is 9.24. The van der Waals surface area contributed by atoms with Crippen LogP contribution in [0.4, 0.5) is 0 Å². The summed E-state index contributed by atoms with van der Waals surface area (Å²) in [7, 11) is 0. The van der Waals surface area contributed by atoms with Gasteiger partial charge in [-0.2, -0.15) is 0 Å². The maximum absolute atomic E-state index is 11.5. The molecule has 0 aliphatic carbocycles. The molecule has 19 heavy (non-hydrogen) atoms. The second kappa shape index (κ2) is 7.19. The van der Waals surface area contributed by atoms with Crippen molar-refractivity contribution < 1.29 is 14.4 Å². The van der Waals surface area contributed by atoms with Gasteiger partial charge in [-0.25, -0.2) is 0 Å². The lowest BCUT2D eigenvalue weighted by atomic mass is 10.2. The van der Waals surface area contributed by atoms with Crippen molar-refractivity contribution in [2.75, 3.05) is 12.4 Å². The number of oxime groups is 1. The minimum Gasteiger partial charge on any atom is -0.462 e. The molecule has 1 unspecified atom stereocenters. The molecule has 1 aliphatic heterocycles. The third-order valence-corrected chi connectivity index (χ3v) is 3.64. The van der Waals surface area contributed by atoms with Crippen LogP contribution in [0.2, 0.25) is 0 Å². The fourth-order valence-corrected chi connectivity index (χ4v) is 2.54. The molecule has 0 amide bonds. The number of benzene rings is 1. The minimum atomic E-state index is -0.184. The van der Waals surface area contributed by atoms with Crippen molar-refractivity contribution in [2.24, 2.45) is 5.16 Å². The van der Waals surface area contributed by atoms with E-state index >= 15 is 0 Å². The topological polar surface area (TPSA) is 47.9 Å². The van der Waals surface area contributed by atoms with Crippen molar-refractivity contribution >= 4 is 23.4 Å². The number of hydrogen-bond acceptors (Lipinski definition) is 5. The summed E-state index contributed by atoms with van der Waals surface area (Å²) in [5.74, 6) is 0.542. The molecule has 0 saturated carbocycles. The van der Waals surface area contributed by atoms with Crippen molar-refractivity contribution in [1.29, 1.82) is 0 Å². The van der Waals surface area contributed by atoms with Crippen LogP contribution in [0.3, 0.4) is 0 Å². The van der Waals surface area contributed by atoms with Gasteiger partial charge in [0, 0.05) is 17.1 Å². The molecule has 0 spiro atoms. The number of esters is 1. The molecule has 1 aliphatic rings. The highest BCUT2D eigenvalue weighted by molar-refractivity contribution is 7.99. The summed E-state index contributed by atoms with van der Waals surface area (Å²) >= 11 is 1.65. The predicted octanol–water partition coefficient (Wildman–Crippen LogP) is 2.88. The van der Waals surface area contributed by atoms with E-state index in [4.69, 9.17) is 9.57 Å². The quantitative estimate of drug-likeness (QED) is 0.593. The molecular weight excluding hydrogens is 262 g/mol. The Hall–Kier alpha value is -1.49. The number of nitrogens with zero attached hydrogens (tertiary/aromatic N) is 1. The highest BCUT2D eigenvalue weighted by Gasteiger charge is 2.19. The van der Waals surface area contributed by atoms with Crippen LogP contribution < -0.4 is 0 Å². The third kappa shape index (κ3) is 4.95. The Morgan fingerprint density at radius 2 is 2.26 bits per heavy atom. The lowest BCUT2D eigenvalue weighted by molar-refractivity contribution is -0.146. The van der Waals surface area contributed by atoms with E-state index in [1.807, 2.05) is 37.3 Å². The maximum Gasteiger partial charge on any atom is 0.306 e. The molecule has 0 aromatic heterocycles. The van der Waals surface area contributed by atoms with E-state index < -0.39 is 0 Å². The number of carbonyl (C=O) groups excluding carboxylic acids is 1. The molecule has 0 radical (unpaired) electrons. The number of carbonyl (C=O) groups is 1. The van der Waals surface area contributed by atoms with Crippen LogP contribution in [-0.2, 0) is 14.4 Å². The van der Waals surface area contributed by atoms with Gasteiger partial charge in [-0.15, -0.1) is 11.8 Å². The largest absolute Gasteiger partial charge is 0.462 e. The van der Waals surface area contributed by atoms with Crippen LogP contribution >= 0.6 is 11.8 Å². The molecule has 0 saturated heterocycles. The molecule has 0 N–H and O–H groups in total. The number of ether oxygens (including phenoxy) is 1. The summed E-state index contributed by atoms with van der Waals surface area (Å²) in [4.78, 5) is 17.8. The Balaban J connectivity index is 1.57. The summed E-state index contributed by atoms with van der Waals surface area (Å²) in [5, 5.41) is 3.82. The zero-order valence-corrected chi connectivity index (χ0v) is 11.7. The van der Waals surface area contributed by atoms with Gasteiger partial charge in [0.15, 0.2) is 6.10 Å². The first kappa shape index (κ1) is 13.9. The van der Waals surface area contributed by atoms with E-state index in [0.29, 0.717) is 6.42 Å². The lowest BCUT2D eigenvalue weighted by Gasteiger charge is -2.09. The first-order valence-corrected chi connectivity index (χ1v) is 7.25. The Bertz CT molecular complexity index is 447. The average molecular weight is 279 g/mol. The second-order valence-corrected chi connectivity index (χ2v) is 5.52. The molecule has 4 nitrogen and oxygen atoms in total. The van der Waals surface area contributed by atoms with Gasteiger partial charge >= 0.3 is 5.97 Å². The van der Waals surface area contributed by atoms with E-state index in [1.165, 1.54) is 4.90 Å². The van der Waals surface area contributed by atoms with Crippen LogP contribution in [0.1, 0.15) is 19.8 Å². The zero-order chi connectivity index (χ0) is 13.5. The van der Waals surface area contributed by atoms with E-state index in [1.54, 1.807) is 11.8 Å². The molecule has 5 heteroatoms. The van der Waals surface area contributed by atoms with Crippen molar-refractivity contribution in [3.63, 3.8) is 0 Å². The third-order valence-electron chi connectivity index (χ3n) is 2.63. The average Bonchev–Trinajstić information content (AvgIpc) is 2.83. The molecule has 1 aromatic rings. The summed E-state index contributed by atoms with van der Waals surface area (Å²) in [6.45, 7) is 2.19. The van der Waals surface area contributed by atoms with Crippen LogP contribution in [0.5, 0.6) is 0 Å². The Morgan fingerprint density at radius 3 is 2.95 bits per heavy atom. The van der Waals surface area contributed by atoms with Gasteiger partial charge in [0.1, 0.15) is 6.61 Å². The normalized spacial score (nSPS) is 17.7. The highest BCUT2D eigenvalue weighted by Crippen LogP contribution is 2.18. The van der Waals surface area contributed by atoms with Crippen LogP contribution in [-0.4, -0.2) is 30.1 Å². The number of hydrogen-bond donors (Lipinski definition) is 0. The Labute approximate surface area is 117 Å². The van der Waals surface area contributed by atoms with Crippen molar-refractivity contribution in [2.45, 2.75) is 30.8 Å². The highest BCUT2D eigenvalue weighted by atomic mass is 32.2. The van der Waals surface area contributed by atoms with E-state index in [9.17, 15) is 4.79 Å². The van der Waals surface area contributed by atoms with Crippen molar-refractivity contribution in [3.05, 3.63) is 30.3 Å². The lowest BCUT2D eigenvalue weighted by Crippen LogP contribution is -2.19. The van der Waals surface area contributed by atoms with Gasteiger partial charge in [0.2, 0.25) is 0 Å². The number of rotatable bonds is 6. The van der Waals surface area contributed by atoms with Gasteiger partial charge in [-0.05, 0) is 19.1 Å². The summed E-state index contributed by atoms with van der Waals surface area (Å²) in [5.41, 5.74) is 0.945. The fourth-order valence-electron chi connectivity index (χ4n) is 1.68. The summed E-state index contributed by atoms with van der Waals surface area (Å²) in [6, 6.07) is 10.0. The van der Waals surface area contributed by atoms with Crippen LogP contribution in [0.15, 0.2) is 40.4 Å². The predicted molar refractivity (Wildman–Crippen MR) is 75.3 cm³/mol. The van der Waals surface area contributed by atoms with Crippen molar-refractivity contribution in [3.8, 4) is 0 Å². The SMILES string of the molecule is CC1=NOC(COC(=O)CCSc2ccccc2)C1. The van der Waals surface area contributed by atoms with Crippen LogP contribution in [0.25, 0.3) is 0 Å². The van der Waals surface area contributed by atoms with Gasteiger partial charge in [-0.3, -0.25) is 4.79 Å². The molecule has 0 bridgehead atoms. The van der Waals surface area contributed by atoms with Crippen LogP contribution in [0, 0.1) is 0 Å². The van der Waals surface area contributed by atoms with Gasteiger partial charge in [-0.1, -0.05) is 23.4 Å². The molecular formula is C14H17NO3S. The number of thioether (sulfide) groups is 1. The Morgan fingerprint density at radius 1 is 1.47 bits per heavy atom. The van der Waals surface area contributed by atoms with E-state index in [2.05, 4.69) is 5.16 Å². The summed E-state index contributed by atoms with van der Waals surface area (Å²) < 4.78 is 5.16. The van der Waals surface area contributed by atoms with Gasteiger partial charge in [0.05, 0.1) is 12.1 Å². The summed E-state index contributed by atoms with van der Waals surface area (Å²) in [6.07, 6.45) is 1.05. The fraction of sp³-hybridized carbons (Fsp3) is 0.429. The van der Waals surface area contributed by atoms with E-state index in [-0.39, 0.29) is 18.7 Å². The van der Waals surface area contributed by atoms with Gasteiger partial charge in [0.25, 0.3) is 0 Å². The van der Waals surface area contributed by atoms with Crippen molar-refractivity contribution in [1.82, 2.24) is 0 Å².